The summed E-state index contributed by atoms with van der Waals surface area (Å²) in [4.78, 5) is 2.91. The van der Waals surface area contributed by atoms with E-state index >= 15 is 0 Å². The van der Waals surface area contributed by atoms with Gasteiger partial charge >= 0.3 is 0 Å². The van der Waals surface area contributed by atoms with Gasteiger partial charge in [-0.1, -0.05) is 13.3 Å². The first-order valence-electron chi connectivity index (χ1n) is 6.44. The van der Waals surface area contributed by atoms with E-state index in [0.717, 1.165) is 12.0 Å². The van der Waals surface area contributed by atoms with Crippen molar-refractivity contribution in [2.45, 2.75) is 59.0 Å². The zero-order chi connectivity index (χ0) is 11.7. The summed E-state index contributed by atoms with van der Waals surface area (Å²) in [5, 5.41) is 3.77. The van der Waals surface area contributed by atoms with Gasteiger partial charge in [0.2, 0.25) is 0 Å². The highest BCUT2D eigenvalue weighted by Crippen LogP contribution is 2.37. The van der Waals surface area contributed by atoms with Gasteiger partial charge in [0.15, 0.2) is 0 Å². The predicted molar refractivity (Wildman–Crippen MR) is 72.1 cm³/mol. The smallest absolute Gasteiger partial charge is 0.0305 e. The molecule has 1 aliphatic carbocycles. The fourth-order valence-electron chi connectivity index (χ4n) is 2.63. The van der Waals surface area contributed by atoms with E-state index in [-0.39, 0.29) is 0 Å². The zero-order valence-electron chi connectivity index (χ0n) is 10.8. The standard InChI is InChI=1S/C14H23NS/c1-5-6-12-8-14(12)15-10(3)13-7-9(2)16-11(13)4/h7,10,12,14-15H,5-6,8H2,1-4H3. The number of hydrogen-bond donors (Lipinski definition) is 1. The average Bonchev–Trinajstić information content (AvgIpc) is 2.83. The molecule has 16 heavy (non-hydrogen) atoms. The first-order valence-corrected chi connectivity index (χ1v) is 7.26. The molecule has 1 aliphatic rings. The molecule has 0 spiro atoms. The topological polar surface area (TPSA) is 12.0 Å². The molecule has 3 atom stereocenters. The summed E-state index contributed by atoms with van der Waals surface area (Å²) >= 11 is 1.92. The average molecular weight is 237 g/mol. The Balaban J connectivity index is 1.89. The molecular formula is C14H23NS. The van der Waals surface area contributed by atoms with Crippen molar-refractivity contribution in [2.75, 3.05) is 0 Å². The maximum Gasteiger partial charge on any atom is 0.0305 e. The Hall–Kier alpha value is -0.340. The molecule has 0 radical (unpaired) electrons. The Morgan fingerprint density at radius 1 is 1.50 bits per heavy atom. The lowest BCUT2D eigenvalue weighted by Gasteiger charge is -2.13. The fraction of sp³-hybridized carbons (Fsp3) is 0.714. The van der Waals surface area contributed by atoms with E-state index in [1.54, 1.807) is 0 Å². The zero-order valence-corrected chi connectivity index (χ0v) is 11.7. The van der Waals surface area contributed by atoms with E-state index in [9.17, 15) is 0 Å². The number of nitrogens with one attached hydrogen (secondary N) is 1. The van der Waals surface area contributed by atoms with Crippen molar-refractivity contribution < 1.29 is 0 Å². The Morgan fingerprint density at radius 3 is 2.81 bits per heavy atom. The van der Waals surface area contributed by atoms with Gasteiger partial charge in [-0.25, -0.2) is 0 Å². The normalized spacial score (nSPS) is 25.8. The Morgan fingerprint density at radius 2 is 2.25 bits per heavy atom. The van der Waals surface area contributed by atoms with E-state index in [0.29, 0.717) is 6.04 Å². The van der Waals surface area contributed by atoms with Crippen molar-refractivity contribution in [1.29, 1.82) is 0 Å². The van der Waals surface area contributed by atoms with Crippen LogP contribution in [0.3, 0.4) is 0 Å². The molecule has 1 saturated carbocycles. The van der Waals surface area contributed by atoms with Gasteiger partial charge in [0.1, 0.15) is 0 Å². The second-order valence-corrected chi connectivity index (χ2v) is 6.61. The number of rotatable bonds is 5. The van der Waals surface area contributed by atoms with Crippen molar-refractivity contribution in [1.82, 2.24) is 5.32 Å². The highest BCUT2D eigenvalue weighted by molar-refractivity contribution is 7.12. The van der Waals surface area contributed by atoms with Gasteiger partial charge in [-0.05, 0) is 51.2 Å². The quantitative estimate of drug-likeness (QED) is 0.809. The Bertz CT molecular complexity index is 356. The third kappa shape index (κ3) is 2.67. The predicted octanol–water partition coefficient (Wildman–Crippen LogP) is 4.20. The molecule has 0 amide bonds. The van der Waals surface area contributed by atoms with Crippen LogP contribution in [0.4, 0.5) is 0 Å². The molecule has 1 fully saturated rings. The molecule has 90 valence electrons. The Kier molecular flexibility index (Phi) is 3.70. The number of thiophene rings is 1. The summed E-state index contributed by atoms with van der Waals surface area (Å²) in [5.41, 5.74) is 1.50. The second kappa shape index (κ2) is 4.89. The third-order valence-corrected chi connectivity index (χ3v) is 4.57. The van der Waals surface area contributed by atoms with Crippen LogP contribution in [-0.4, -0.2) is 6.04 Å². The minimum atomic E-state index is 0.525. The lowest BCUT2D eigenvalue weighted by Crippen LogP contribution is -2.22. The molecule has 0 saturated heterocycles. The Labute approximate surface area is 103 Å². The van der Waals surface area contributed by atoms with Gasteiger partial charge in [-0.2, -0.15) is 0 Å². The van der Waals surface area contributed by atoms with E-state index < -0.39 is 0 Å². The van der Waals surface area contributed by atoms with Crippen LogP contribution in [0.5, 0.6) is 0 Å². The largest absolute Gasteiger partial charge is 0.307 e. The van der Waals surface area contributed by atoms with Gasteiger partial charge in [0, 0.05) is 21.8 Å². The lowest BCUT2D eigenvalue weighted by molar-refractivity contribution is 0.529. The molecule has 1 N–H and O–H groups in total. The summed E-state index contributed by atoms with van der Waals surface area (Å²) in [6, 6.07) is 3.65. The molecular weight excluding hydrogens is 214 g/mol. The van der Waals surface area contributed by atoms with Crippen LogP contribution in [0, 0.1) is 19.8 Å². The van der Waals surface area contributed by atoms with Crippen molar-refractivity contribution in [3.8, 4) is 0 Å². The second-order valence-electron chi connectivity index (χ2n) is 5.15. The molecule has 0 bridgehead atoms. The highest BCUT2D eigenvalue weighted by Gasteiger charge is 2.36. The van der Waals surface area contributed by atoms with Crippen LogP contribution in [0.15, 0.2) is 6.07 Å². The first kappa shape index (κ1) is 12.1. The summed E-state index contributed by atoms with van der Waals surface area (Å²) in [6.45, 7) is 9.02. The summed E-state index contributed by atoms with van der Waals surface area (Å²) in [7, 11) is 0. The van der Waals surface area contributed by atoms with Crippen LogP contribution in [0.25, 0.3) is 0 Å². The molecule has 0 aromatic carbocycles. The van der Waals surface area contributed by atoms with Crippen molar-refractivity contribution in [2.24, 2.45) is 5.92 Å². The highest BCUT2D eigenvalue weighted by atomic mass is 32.1. The third-order valence-electron chi connectivity index (χ3n) is 3.59. The molecule has 3 unspecified atom stereocenters. The van der Waals surface area contributed by atoms with Crippen LogP contribution in [-0.2, 0) is 0 Å². The maximum absolute atomic E-state index is 3.77. The lowest BCUT2D eigenvalue weighted by atomic mass is 10.1. The first-order chi connectivity index (χ1) is 7.61. The van der Waals surface area contributed by atoms with Crippen LogP contribution in [0.2, 0.25) is 0 Å². The summed E-state index contributed by atoms with van der Waals surface area (Å²) in [6.07, 6.45) is 4.11. The van der Waals surface area contributed by atoms with E-state index in [4.69, 9.17) is 0 Å². The van der Waals surface area contributed by atoms with Crippen LogP contribution in [0.1, 0.15) is 54.5 Å². The molecule has 1 aromatic rings. The molecule has 1 nitrogen and oxygen atoms in total. The SMILES string of the molecule is CCCC1CC1NC(C)c1cc(C)sc1C. The van der Waals surface area contributed by atoms with Crippen molar-refractivity contribution in [3.05, 3.63) is 21.4 Å². The van der Waals surface area contributed by atoms with E-state index in [1.165, 1.54) is 34.6 Å². The molecule has 2 heteroatoms. The molecule has 1 heterocycles. The van der Waals surface area contributed by atoms with Gasteiger partial charge in [0.25, 0.3) is 0 Å². The summed E-state index contributed by atoms with van der Waals surface area (Å²) in [5.74, 6) is 0.951. The number of aryl methyl sites for hydroxylation is 2. The van der Waals surface area contributed by atoms with Crippen molar-refractivity contribution in [3.63, 3.8) is 0 Å². The minimum absolute atomic E-state index is 0.525. The molecule has 2 rings (SSSR count). The van der Waals surface area contributed by atoms with Gasteiger partial charge < -0.3 is 5.32 Å². The van der Waals surface area contributed by atoms with Gasteiger partial charge in [-0.3, -0.25) is 0 Å². The van der Waals surface area contributed by atoms with Gasteiger partial charge in [-0.15, -0.1) is 11.3 Å². The van der Waals surface area contributed by atoms with Crippen LogP contribution < -0.4 is 5.32 Å². The van der Waals surface area contributed by atoms with Crippen LogP contribution >= 0.6 is 11.3 Å². The van der Waals surface area contributed by atoms with E-state index in [1.807, 2.05) is 11.3 Å². The van der Waals surface area contributed by atoms with Gasteiger partial charge in [0.05, 0.1) is 0 Å². The monoisotopic (exact) mass is 237 g/mol. The summed E-state index contributed by atoms with van der Waals surface area (Å²) < 4.78 is 0. The fourth-order valence-corrected chi connectivity index (χ4v) is 3.66. The number of hydrogen-bond acceptors (Lipinski definition) is 2. The minimum Gasteiger partial charge on any atom is -0.307 e. The molecule has 0 aliphatic heterocycles. The maximum atomic E-state index is 3.77. The molecule has 1 aromatic heterocycles. The van der Waals surface area contributed by atoms with Crippen molar-refractivity contribution >= 4 is 11.3 Å². The van der Waals surface area contributed by atoms with E-state index in [2.05, 4.69) is 39.1 Å².